The van der Waals surface area contributed by atoms with Crippen molar-refractivity contribution in [1.82, 2.24) is 0 Å². The molecule has 156 valence electrons. The quantitative estimate of drug-likeness (QED) is 0.549. The second-order valence-corrected chi connectivity index (χ2v) is 6.84. The molecule has 1 atom stereocenters. The molecule has 0 aliphatic rings. The summed E-state index contributed by atoms with van der Waals surface area (Å²) in [6, 6.07) is 26.2. The predicted molar refractivity (Wildman–Crippen MR) is 114 cm³/mol. The monoisotopic (exact) mass is 406 g/mol. The van der Waals surface area contributed by atoms with Gasteiger partial charge in [0.25, 0.3) is 0 Å². The molecule has 0 saturated carbocycles. The molecule has 1 N–H and O–H groups in total. The Balaban J connectivity index is 1.97. The minimum absolute atomic E-state index is 0.282. The van der Waals surface area contributed by atoms with Crippen molar-refractivity contribution >= 4 is 5.97 Å². The molecule has 0 aromatic heterocycles. The maximum Gasteiger partial charge on any atom is 0.338 e. The van der Waals surface area contributed by atoms with Gasteiger partial charge in [0.1, 0.15) is 5.75 Å². The standard InChI is InChI=1S/C25H26O5/c1-28-22-15-13-19(14-16-22)17-18-30-25(23(26)24(27)29-2,20-9-5-3-6-10-20)21-11-7-4-8-12-21/h3-16,23,26H,17-18H2,1-2H3. The molecule has 0 spiro atoms. The van der Waals surface area contributed by atoms with Gasteiger partial charge in [0.05, 0.1) is 20.8 Å². The van der Waals surface area contributed by atoms with E-state index in [1.807, 2.05) is 84.9 Å². The van der Waals surface area contributed by atoms with Crippen LogP contribution in [-0.2, 0) is 26.3 Å². The summed E-state index contributed by atoms with van der Waals surface area (Å²) < 4.78 is 16.4. The Kier molecular flexibility index (Phi) is 7.22. The first kappa shape index (κ1) is 21.6. The van der Waals surface area contributed by atoms with Crippen LogP contribution in [-0.4, -0.2) is 38.0 Å². The zero-order chi connectivity index (χ0) is 21.4. The molecule has 0 radical (unpaired) electrons. The summed E-state index contributed by atoms with van der Waals surface area (Å²) in [7, 11) is 2.88. The first-order chi connectivity index (χ1) is 14.6. The minimum atomic E-state index is -1.54. The zero-order valence-electron chi connectivity index (χ0n) is 17.2. The molecule has 0 aliphatic carbocycles. The van der Waals surface area contributed by atoms with Crippen LogP contribution in [0.2, 0.25) is 0 Å². The Labute approximate surface area is 176 Å². The van der Waals surface area contributed by atoms with Gasteiger partial charge in [-0.3, -0.25) is 0 Å². The number of rotatable bonds is 9. The molecule has 3 aromatic rings. The molecule has 0 bridgehead atoms. The first-order valence-electron chi connectivity index (χ1n) is 9.75. The topological polar surface area (TPSA) is 65.0 Å². The number of carbonyl (C=O) groups is 1. The van der Waals surface area contributed by atoms with Crippen LogP contribution in [0.1, 0.15) is 16.7 Å². The second kappa shape index (κ2) is 10.1. The van der Waals surface area contributed by atoms with E-state index < -0.39 is 17.7 Å². The summed E-state index contributed by atoms with van der Waals surface area (Å²) in [5.74, 6) is 0.0239. The Morgan fingerprint density at radius 3 is 1.87 bits per heavy atom. The van der Waals surface area contributed by atoms with Crippen LogP contribution in [0.25, 0.3) is 0 Å². The average molecular weight is 406 g/mol. The highest BCUT2D eigenvalue weighted by Crippen LogP contribution is 2.38. The van der Waals surface area contributed by atoms with E-state index >= 15 is 0 Å². The highest BCUT2D eigenvalue weighted by atomic mass is 16.6. The van der Waals surface area contributed by atoms with Gasteiger partial charge in [0.2, 0.25) is 0 Å². The van der Waals surface area contributed by atoms with Gasteiger partial charge in [-0.25, -0.2) is 4.79 Å². The van der Waals surface area contributed by atoms with Crippen LogP contribution in [0.5, 0.6) is 5.75 Å². The van der Waals surface area contributed by atoms with Crippen molar-refractivity contribution in [2.45, 2.75) is 18.1 Å². The number of carbonyl (C=O) groups excluding carboxylic acids is 1. The van der Waals surface area contributed by atoms with Gasteiger partial charge >= 0.3 is 5.97 Å². The van der Waals surface area contributed by atoms with E-state index in [-0.39, 0.29) is 6.61 Å². The Morgan fingerprint density at radius 1 is 0.867 bits per heavy atom. The Morgan fingerprint density at radius 2 is 1.40 bits per heavy atom. The van der Waals surface area contributed by atoms with E-state index in [9.17, 15) is 9.90 Å². The number of aliphatic hydroxyl groups excluding tert-OH is 1. The number of methoxy groups -OCH3 is 2. The van der Waals surface area contributed by atoms with Crippen molar-refractivity contribution in [1.29, 1.82) is 0 Å². The number of ether oxygens (including phenoxy) is 3. The van der Waals surface area contributed by atoms with Crippen molar-refractivity contribution in [2.75, 3.05) is 20.8 Å². The molecule has 0 saturated heterocycles. The maximum atomic E-state index is 12.4. The summed E-state index contributed by atoms with van der Waals surface area (Å²) >= 11 is 0. The number of esters is 1. The summed E-state index contributed by atoms with van der Waals surface area (Å²) in [6.45, 7) is 0.282. The number of hydrogen-bond donors (Lipinski definition) is 1. The first-order valence-corrected chi connectivity index (χ1v) is 9.75. The predicted octanol–water partition coefficient (Wildman–Crippen LogP) is 3.73. The number of hydrogen-bond acceptors (Lipinski definition) is 5. The largest absolute Gasteiger partial charge is 0.497 e. The lowest BCUT2D eigenvalue weighted by molar-refractivity contribution is -0.170. The van der Waals surface area contributed by atoms with Crippen molar-refractivity contribution < 1.29 is 24.1 Å². The highest BCUT2D eigenvalue weighted by molar-refractivity contribution is 5.77. The molecule has 3 aromatic carbocycles. The molecule has 5 nitrogen and oxygen atoms in total. The molecular formula is C25H26O5. The van der Waals surface area contributed by atoms with Gasteiger partial charge in [-0.1, -0.05) is 72.8 Å². The third kappa shape index (κ3) is 4.53. The third-order valence-corrected chi connectivity index (χ3v) is 5.09. The third-order valence-electron chi connectivity index (χ3n) is 5.09. The Hall–Kier alpha value is -3.15. The molecule has 30 heavy (non-hydrogen) atoms. The van der Waals surface area contributed by atoms with Crippen LogP contribution in [0.3, 0.4) is 0 Å². The molecule has 0 aliphatic heterocycles. The van der Waals surface area contributed by atoms with Gasteiger partial charge in [-0.15, -0.1) is 0 Å². The van der Waals surface area contributed by atoms with Crippen LogP contribution in [0.15, 0.2) is 84.9 Å². The molecule has 0 fully saturated rings. The lowest BCUT2D eigenvalue weighted by atomic mass is 9.81. The summed E-state index contributed by atoms with van der Waals surface area (Å²) in [5, 5.41) is 11.1. The maximum absolute atomic E-state index is 12.4. The van der Waals surface area contributed by atoms with E-state index in [1.165, 1.54) is 7.11 Å². The minimum Gasteiger partial charge on any atom is -0.497 e. The van der Waals surface area contributed by atoms with Gasteiger partial charge in [-0.2, -0.15) is 0 Å². The lowest BCUT2D eigenvalue weighted by Gasteiger charge is -2.37. The fraction of sp³-hybridized carbons (Fsp3) is 0.240. The Bertz CT molecular complexity index is 883. The normalized spacial score (nSPS) is 12.2. The van der Waals surface area contributed by atoms with Crippen LogP contribution >= 0.6 is 0 Å². The van der Waals surface area contributed by atoms with Crippen molar-refractivity contribution in [3.63, 3.8) is 0 Å². The molecular weight excluding hydrogens is 380 g/mol. The number of benzene rings is 3. The average Bonchev–Trinajstić information content (AvgIpc) is 2.82. The van der Waals surface area contributed by atoms with Crippen molar-refractivity contribution in [3.05, 3.63) is 102 Å². The molecule has 3 rings (SSSR count). The van der Waals surface area contributed by atoms with Crippen LogP contribution in [0, 0.1) is 0 Å². The molecule has 5 heteroatoms. The summed E-state index contributed by atoms with van der Waals surface area (Å²) in [6.07, 6.45) is -0.942. The van der Waals surface area contributed by atoms with Gasteiger partial charge in [-0.05, 0) is 35.2 Å². The summed E-state index contributed by atoms with van der Waals surface area (Å²) in [5.41, 5.74) is 0.994. The zero-order valence-corrected chi connectivity index (χ0v) is 17.2. The highest BCUT2D eigenvalue weighted by Gasteiger charge is 2.47. The SMILES string of the molecule is COC(=O)C(O)C(OCCc1ccc(OC)cc1)(c1ccccc1)c1ccccc1. The van der Waals surface area contributed by atoms with Crippen molar-refractivity contribution in [3.8, 4) is 5.75 Å². The lowest BCUT2D eigenvalue weighted by Crippen LogP contribution is -2.48. The van der Waals surface area contributed by atoms with Crippen molar-refractivity contribution in [2.24, 2.45) is 0 Å². The summed E-state index contributed by atoms with van der Waals surface area (Å²) in [4.78, 5) is 12.4. The van der Waals surface area contributed by atoms with E-state index in [1.54, 1.807) is 7.11 Å². The fourth-order valence-corrected chi connectivity index (χ4v) is 3.50. The fourth-order valence-electron chi connectivity index (χ4n) is 3.50. The smallest absolute Gasteiger partial charge is 0.338 e. The van der Waals surface area contributed by atoms with E-state index in [0.29, 0.717) is 17.5 Å². The second-order valence-electron chi connectivity index (χ2n) is 6.84. The van der Waals surface area contributed by atoms with Gasteiger partial charge in [0.15, 0.2) is 11.7 Å². The van der Waals surface area contributed by atoms with E-state index in [0.717, 1.165) is 11.3 Å². The van der Waals surface area contributed by atoms with Gasteiger partial charge < -0.3 is 19.3 Å². The molecule has 0 heterocycles. The number of aliphatic hydroxyl groups is 1. The van der Waals surface area contributed by atoms with Gasteiger partial charge in [0, 0.05) is 0 Å². The van der Waals surface area contributed by atoms with E-state index in [4.69, 9.17) is 14.2 Å². The molecule has 0 amide bonds. The van der Waals surface area contributed by atoms with E-state index in [2.05, 4.69) is 0 Å². The van der Waals surface area contributed by atoms with Crippen LogP contribution < -0.4 is 4.74 Å². The molecule has 1 unspecified atom stereocenters. The van der Waals surface area contributed by atoms with Crippen LogP contribution in [0.4, 0.5) is 0 Å².